The van der Waals surface area contributed by atoms with Gasteiger partial charge in [-0.25, -0.2) is 4.79 Å². The Morgan fingerprint density at radius 3 is 1.71 bits per heavy atom. The van der Waals surface area contributed by atoms with E-state index in [-0.39, 0.29) is 24.1 Å². The molecule has 7 aliphatic rings. The van der Waals surface area contributed by atoms with Gasteiger partial charge in [0.2, 0.25) is 0 Å². The van der Waals surface area contributed by atoms with E-state index in [4.69, 9.17) is 23.7 Å². The summed E-state index contributed by atoms with van der Waals surface area (Å²) in [5, 5.41) is 5.44. The van der Waals surface area contributed by atoms with Crippen molar-refractivity contribution in [3.05, 3.63) is 96.1 Å². The van der Waals surface area contributed by atoms with Gasteiger partial charge >= 0.3 is 18.0 Å². The number of aromatic nitrogens is 1. The minimum atomic E-state index is -0.587. The fourth-order valence-electron chi connectivity index (χ4n) is 21.8. The molecular formula is C82H114N2O8. The van der Waals surface area contributed by atoms with Crippen LogP contribution in [0.4, 0.5) is 4.79 Å². The number of amides is 1. The van der Waals surface area contributed by atoms with Gasteiger partial charge in [0.25, 0.3) is 0 Å². The molecule has 1 aromatic heterocycles. The fourth-order valence-corrected chi connectivity index (χ4v) is 21.8. The van der Waals surface area contributed by atoms with Crippen molar-refractivity contribution >= 4 is 39.8 Å². The van der Waals surface area contributed by atoms with Crippen LogP contribution in [0.3, 0.4) is 0 Å². The lowest BCUT2D eigenvalue weighted by molar-refractivity contribution is -0.142. The topological polar surface area (TPSA) is 114 Å². The normalized spacial score (nSPS) is 32.9. The van der Waals surface area contributed by atoms with Crippen molar-refractivity contribution in [3.63, 3.8) is 0 Å². The van der Waals surface area contributed by atoms with E-state index in [0.717, 1.165) is 89.8 Å². The van der Waals surface area contributed by atoms with Crippen LogP contribution in [0.15, 0.2) is 84.9 Å². The van der Waals surface area contributed by atoms with Crippen LogP contribution < -0.4 is 5.32 Å². The number of nitrogens with zero attached hydrogens (tertiary/aromatic N) is 1. The monoisotopic (exact) mass is 1250 g/mol. The summed E-state index contributed by atoms with van der Waals surface area (Å²) in [6.45, 7) is 25.7. The largest absolute Gasteiger partial charge is 0.469 e. The Hall–Kier alpha value is -5.19. The smallest absolute Gasteiger partial charge is 0.407 e. The minimum absolute atomic E-state index is 0.0662. The first-order chi connectivity index (χ1) is 44.0. The van der Waals surface area contributed by atoms with Gasteiger partial charge in [-0.15, -0.1) is 0 Å². The van der Waals surface area contributed by atoms with Crippen LogP contribution in [0, 0.1) is 86.8 Å². The first-order valence-electron chi connectivity index (χ1n) is 36.6. The maximum absolute atomic E-state index is 13.0. The molecule has 1 heterocycles. The number of ether oxygens (including phenoxy) is 5. The summed E-state index contributed by atoms with van der Waals surface area (Å²) in [6, 6.07) is 31.8. The van der Waals surface area contributed by atoms with Crippen molar-refractivity contribution in [2.75, 3.05) is 20.8 Å². The Bertz CT molecular complexity index is 3430. The van der Waals surface area contributed by atoms with Crippen LogP contribution in [0.25, 0.3) is 44.1 Å². The molecular weight excluding hydrogens is 1140 g/mol. The van der Waals surface area contributed by atoms with Crippen molar-refractivity contribution in [2.45, 2.75) is 242 Å². The summed E-state index contributed by atoms with van der Waals surface area (Å²) in [7, 11) is 3.02. The Balaban J connectivity index is 0.694. The standard InChI is InChI=1S/C82H114N2O8/c1-52(19-31-75(85)88-11)54(3)79(7)37-35-70-61(49-79)21-24-62-47-64(33-38-80(62,70)8)90-50-55-15-13-17-57(43-55)59-22-26-66-67-27-23-60(46-74(67)84(73(66)45-59)42-41-83-77(87)92-78(4,5)6)58-18-14-16-56(44-58)51-91-65-34-39-81(9)63(48-65)25-28-68-71-30-29-69(53(2)20-32-76(86)89-12)82(71,10)40-36-72(68)81/h13-18,22-23,26-27,43-46,52-54,61-65,68-72H,19-21,24-25,28-42,47-51H2,1-12H3,(H,83,87)/t52-,53-,54?,61+,62+,63-,64-,65-,68+,69?,70?,71+,72?,79?,80?,81?,82?/m1/s1. The Morgan fingerprint density at radius 2 is 1.12 bits per heavy atom. The van der Waals surface area contributed by atoms with Crippen molar-refractivity contribution in [2.24, 2.45) is 86.8 Å². The summed E-state index contributed by atoms with van der Waals surface area (Å²) in [5.74, 6) is 7.68. The molecule has 0 aliphatic heterocycles. The first-order valence-corrected chi connectivity index (χ1v) is 36.6. The van der Waals surface area contributed by atoms with Gasteiger partial charge < -0.3 is 33.6 Å². The third-order valence-electron chi connectivity index (χ3n) is 27.3. The highest BCUT2D eigenvalue weighted by Crippen LogP contribution is 2.69. The number of benzene rings is 4. The van der Waals surface area contributed by atoms with Crippen LogP contribution in [0.5, 0.6) is 0 Å². The lowest BCUT2D eigenvalue weighted by atomic mass is 9.44. The zero-order valence-corrected chi connectivity index (χ0v) is 58.5. The number of carbonyl (C=O) groups excluding carboxylic acids is 3. The second-order valence-electron chi connectivity index (χ2n) is 33.3. The first kappa shape index (κ1) is 66.8. The van der Waals surface area contributed by atoms with Crippen molar-refractivity contribution in [1.29, 1.82) is 0 Å². The molecule has 8 unspecified atom stereocenters. The molecule has 500 valence electrons. The van der Waals surface area contributed by atoms with Crippen LogP contribution in [-0.2, 0) is 53.0 Å². The van der Waals surface area contributed by atoms with Crippen molar-refractivity contribution in [3.8, 4) is 22.3 Å². The molecule has 7 aliphatic carbocycles. The second-order valence-corrected chi connectivity index (χ2v) is 33.3. The number of rotatable bonds is 20. The number of hydrogen-bond donors (Lipinski definition) is 1. The van der Waals surface area contributed by atoms with E-state index in [2.05, 4.69) is 143 Å². The van der Waals surface area contributed by atoms with Gasteiger partial charge in [-0.05, 0) is 287 Å². The minimum Gasteiger partial charge on any atom is -0.469 e. The van der Waals surface area contributed by atoms with Gasteiger partial charge in [-0.2, -0.15) is 0 Å². The van der Waals surface area contributed by atoms with E-state index < -0.39 is 11.7 Å². The van der Waals surface area contributed by atoms with E-state index in [0.29, 0.717) is 90.4 Å². The highest BCUT2D eigenvalue weighted by Gasteiger charge is 2.61. The van der Waals surface area contributed by atoms with Gasteiger partial charge in [0, 0.05) is 47.7 Å². The molecule has 0 spiro atoms. The second kappa shape index (κ2) is 27.1. The third kappa shape index (κ3) is 13.5. The summed E-state index contributed by atoms with van der Waals surface area (Å²) in [5.41, 5.74) is 10.3. The zero-order valence-electron chi connectivity index (χ0n) is 58.5. The Morgan fingerprint density at radius 1 is 0.587 bits per heavy atom. The van der Waals surface area contributed by atoms with E-state index >= 15 is 0 Å². The molecule has 10 heteroatoms. The summed E-state index contributed by atoms with van der Waals surface area (Å²) < 4.78 is 32.0. The molecule has 17 atom stereocenters. The summed E-state index contributed by atoms with van der Waals surface area (Å²) >= 11 is 0. The van der Waals surface area contributed by atoms with E-state index in [1.54, 1.807) is 0 Å². The number of fused-ring (bicyclic) bond motifs is 11. The van der Waals surface area contributed by atoms with Crippen LogP contribution >= 0.6 is 0 Å². The quantitative estimate of drug-likeness (QED) is 0.0605. The maximum Gasteiger partial charge on any atom is 0.407 e. The lowest BCUT2D eigenvalue weighted by Gasteiger charge is -2.61. The van der Waals surface area contributed by atoms with E-state index in [9.17, 15) is 14.4 Å². The van der Waals surface area contributed by atoms with E-state index in [1.807, 2.05) is 20.8 Å². The molecule has 92 heavy (non-hydrogen) atoms. The molecule has 10 nitrogen and oxygen atoms in total. The molecule has 12 rings (SSSR count). The number of nitrogens with one attached hydrogen (secondary N) is 1. The van der Waals surface area contributed by atoms with Crippen LogP contribution in [0.2, 0.25) is 0 Å². The van der Waals surface area contributed by atoms with Gasteiger partial charge in [0.1, 0.15) is 5.60 Å². The average Bonchev–Trinajstić information content (AvgIpc) is 1.28. The number of esters is 2. The average molecular weight is 1260 g/mol. The summed E-state index contributed by atoms with van der Waals surface area (Å²) in [6.07, 6.45) is 24.9. The highest BCUT2D eigenvalue weighted by molar-refractivity contribution is 6.10. The van der Waals surface area contributed by atoms with Crippen molar-refractivity contribution in [1.82, 2.24) is 9.88 Å². The molecule has 7 fully saturated rings. The molecule has 0 saturated heterocycles. The predicted octanol–water partition coefficient (Wildman–Crippen LogP) is 19.9. The van der Waals surface area contributed by atoms with Crippen molar-refractivity contribution < 1.29 is 38.1 Å². The predicted molar refractivity (Wildman–Crippen MR) is 371 cm³/mol. The number of methoxy groups -OCH3 is 2. The Labute approximate surface area is 552 Å². The molecule has 4 aromatic carbocycles. The fraction of sp³-hybridized carbons (Fsp3) is 0.671. The van der Waals surface area contributed by atoms with E-state index in [1.165, 1.54) is 137 Å². The molecule has 7 saturated carbocycles. The number of alkyl carbamates (subject to hydrolysis) is 1. The lowest BCUT2D eigenvalue weighted by Crippen LogP contribution is -2.54. The van der Waals surface area contributed by atoms with Gasteiger partial charge in [0.15, 0.2) is 0 Å². The SMILES string of the molecule is COC(=O)CC[C@@H](C)C(C)C1(C)CCC2[C@@H](CC[C@H]3C[C@H](OCc4cccc(-c5ccc6c7ccc(-c8cccc(CO[C@@H]9CCC%10(C)C%11CCC%12(C)C([C@H](C)CCC(=O)OC)CC[C@H]%12[C@@H]%11CC[C@@H]%10C9)c8)cc7n(CCNC(=O)OC(C)(C)C)c6c5)c4)CCC23C)C1. The van der Waals surface area contributed by atoms with Crippen LogP contribution in [-0.4, -0.2) is 61.2 Å². The Kier molecular flexibility index (Phi) is 19.7. The van der Waals surface area contributed by atoms with Gasteiger partial charge in [-0.1, -0.05) is 109 Å². The molecule has 0 radical (unpaired) electrons. The van der Waals surface area contributed by atoms with Gasteiger partial charge in [-0.3, -0.25) is 9.59 Å². The maximum atomic E-state index is 13.0. The molecule has 1 N–H and O–H groups in total. The van der Waals surface area contributed by atoms with Crippen LogP contribution in [0.1, 0.15) is 215 Å². The highest BCUT2D eigenvalue weighted by atomic mass is 16.6. The third-order valence-corrected chi connectivity index (χ3v) is 27.3. The summed E-state index contributed by atoms with van der Waals surface area (Å²) in [4.78, 5) is 37.1. The molecule has 5 aromatic rings. The number of carbonyl (C=O) groups is 3. The molecule has 1 amide bonds. The number of hydrogen-bond acceptors (Lipinski definition) is 8. The van der Waals surface area contributed by atoms with Gasteiger partial charge in [0.05, 0.1) is 39.6 Å². The molecule has 0 bridgehead atoms. The zero-order chi connectivity index (χ0) is 64.9.